The van der Waals surface area contributed by atoms with Crippen LogP contribution >= 0.6 is 0 Å². The van der Waals surface area contributed by atoms with Crippen LogP contribution in [-0.2, 0) is 14.0 Å². The molecule has 1 aliphatic rings. The summed E-state index contributed by atoms with van der Waals surface area (Å²) in [7, 11) is 0.505. The molecule has 1 aliphatic heterocycles. The van der Waals surface area contributed by atoms with E-state index in [9.17, 15) is 9.59 Å². The average Bonchev–Trinajstić information content (AvgIpc) is 2.81. The van der Waals surface area contributed by atoms with Crippen molar-refractivity contribution in [3.63, 3.8) is 0 Å². The van der Waals surface area contributed by atoms with Crippen LogP contribution in [0.1, 0.15) is 68.4 Å². The van der Waals surface area contributed by atoms with Gasteiger partial charge in [0.15, 0.2) is 0 Å². The smallest absolute Gasteiger partial charge is 0.464 e. The summed E-state index contributed by atoms with van der Waals surface area (Å²) < 4.78 is 16.8. The number of esters is 1. The lowest BCUT2D eigenvalue weighted by Gasteiger charge is -2.32. The summed E-state index contributed by atoms with van der Waals surface area (Å²) in [5.41, 5.74) is -0.487. The lowest BCUT2D eigenvalue weighted by atomic mass is 9.77. The van der Waals surface area contributed by atoms with E-state index in [0.29, 0.717) is 12.0 Å². The second-order valence-corrected chi connectivity index (χ2v) is 7.32. The summed E-state index contributed by atoms with van der Waals surface area (Å²) in [5, 5.41) is 2.78. The number of hydrogen-bond acceptors (Lipinski definition) is 6. The molecule has 0 aliphatic carbocycles. The van der Waals surface area contributed by atoms with Gasteiger partial charge in [0.2, 0.25) is 0 Å². The van der Waals surface area contributed by atoms with E-state index in [2.05, 4.69) is 10.3 Å². The van der Waals surface area contributed by atoms with Crippen molar-refractivity contribution in [1.82, 2.24) is 10.3 Å². The number of carbonyl (C=O) groups is 2. The number of pyridine rings is 1. The molecule has 0 unspecified atom stereocenters. The third kappa shape index (κ3) is 4.07. The van der Waals surface area contributed by atoms with Crippen LogP contribution in [0.4, 0.5) is 0 Å². The Morgan fingerprint density at radius 1 is 1.19 bits per heavy atom. The molecule has 1 aromatic heterocycles. The Hall–Kier alpha value is -1.93. The van der Waals surface area contributed by atoms with Gasteiger partial charge in [0.25, 0.3) is 5.91 Å². The largest absolute Gasteiger partial charge is 0.497 e. The third-order valence-electron chi connectivity index (χ3n) is 4.86. The Morgan fingerprint density at radius 2 is 1.81 bits per heavy atom. The van der Waals surface area contributed by atoms with Crippen LogP contribution in [0.2, 0.25) is 0 Å². The second-order valence-electron chi connectivity index (χ2n) is 7.32. The van der Waals surface area contributed by atoms with Crippen molar-refractivity contribution in [2.24, 2.45) is 0 Å². The highest BCUT2D eigenvalue weighted by Crippen LogP contribution is 2.36. The van der Waals surface area contributed by atoms with Crippen LogP contribution in [0.3, 0.4) is 0 Å². The first-order valence-corrected chi connectivity index (χ1v) is 8.86. The predicted molar refractivity (Wildman–Crippen MR) is 98.5 cm³/mol. The maximum Gasteiger partial charge on any atom is 0.497 e. The average molecular weight is 362 g/mol. The minimum absolute atomic E-state index is 0.0224. The number of nitrogens with zero attached hydrogens (tertiary/aromatic N) is 1. The molecule has 0 spiro atoms. The van der Waals surface area contributed by atoms with E-state index in [1.165, 1.54) is 7.11 Å². The van der Waals surface area contributed by atoms with Gasteiger partial charge in [0.05, 0.1) is 18.3 Å². The fraction of sp³-hybridized carbons (Fsp3) is 0.611. The van der Waals surface area contributed by atoms with E-state index in [0.717, 1.165) is 12.8 Å². The number of methoxy groups -OCH3 is 1. The zero-order chi connectivity index (χ0) is 19.5. The van der Waals surface area contributed by atoms with E-state index in [1.54, 1.807) is 12.1 Å². The molecular weight excluding hydrogens is 335 g/mol. The van der Waals surface area contributed by atoms with Crippen LogP contribution in [-0.4, -0.2) is 48.8 Å². The highest BCUT2D eigenvalue weighted by atomic mass is 16.7. The molecule has 8 heteroatoms. The number of unbranched alkanes of at least 4 members (excludes halogenated alkanes) is 1. The fourth-order valence-corrected chi connectivity index (χ4v) is 2.49. The van der Waals surface area contributed by atoms with Crippen molar-refractivity contribution in [2.45, 2.75) is 58.7 Å². The van der Waals surface area contributed by atoms with Crippen molar-refractivity contribution in [1.29, 1.82) is 0 Å². The van der Waals surface area contributed by atoms with Gasteiger partial charge in [-0.05, 0) is 40.2 Å². The van der Waals surface area contributed by atoms with Crippen LogP contribution in [0.25, 0.3) is 0 Å². The molecule has 2 heterocycles. The zero-order valence-electron chi connectivity index (χ0n) is 16.3. The first-order chi connectivity index (χ1) is 12.1. The number of rotatable bonds is 6. The molecule has 0 bridgehead atoms. The first kappa shape index (κ1) is 20.4. The molecule has 1 saturated heterocycles. The highest BCUT2D eigenvalue weighted by Gasteiger charge is 2.52. The van der Waals surface area contributed by atoms with Crippen LogP contribution in [0.5, 0.6) is 0 Å². The van der Waals surface area contributed by atoms with Gasteiger partial charge in [0, 0.05) is 12.0 Å². The lowest BCUT2D eigenvalue weighted by molar-refractivity contribution is 0.00578. The topological polar surface area (TPSA) is 86.8 Å². The van der Waals surface area contributed by atoms with E-state index < -0.39 is 24.3 Å². The second kappa shape index (κ2) is 7.76. The standard InChI is InChI=1S/C18H27BN2O5/c1-7-8-11-20-15(22)13-10-9-12(14(21-13)16(23)24-6)19-25-17(2,3)18(4,5)26-19/h9-10H,7-8,11H2,1-6H3,(H,20,22). The van der Waals surface area contributed by atoms with E-state index in [-0.39, 0.29) is 17.3 Å². The van der Waals surface area contributed by atoms with Crippen molar-refractivity contribution in [2.75, 3.05) is 13.7 Å². The summed E-state index contributed by atoms with van der Waals surface area (Å²) in [6, 6.07) is 3.20. The molecule has 0 saturated carbocycles. The minimum Gasteiger partial charge on any atom is -0.464 e. The van der Waals surface area contributed by atoms with Gasteiger partial charge in [0.1, 0.15) is 11.4 Å². The zero-order valence-corrected chi connectivity index (χ0v) is 16.3. The first-order valence-electron chi connectivity index (χ1n) is 8.86. The monoisotopic (exact) mass is 362 g/mol. The van der Waals surface area contributed by atoms with Crippen molar-refractivity contribution in [3.05, 3.63) is 23.5 Å². The van der Waals surface area contributed by atoms with E-state index >= 15 is 0 Å². The molecule has 0 radical (unpaired) electrons. The molecule has 142 valence electrons. The third-order valence-corrected chi connectivity index (χ3v) is 4.86. The summed E-state index contributed by atoms with van der Waals surface area (Å²) in [6.07, 6.45) is 1.85. The molecule has 1 aromatic rings. The van der Waals surface area contributed by atoms with E-state index in [1.807, 2.05) is 34.6 Å². The van der Waals surface area contributed by atoms with Crippen LogP contribution < -0.4 is 10.8 Å². The molecule has 2 rings (SSSR count). The highest BCUT2D eigenvalue weighted by molar-refractivity contribution is 6.63. The number of aromatic nitrogens is 1. The van der Waals surface area contributed by atoms with Gasteiger partial charge in [-0.2, -0.15) is 0 Å². The number of ether oxygens (including phenoxy) is 1. The fourth-order valence-electron chi connectivity index (χ4n) is 2.49. The summed E-state index contributed by atoms with van der Waals surface area (Å²) in [6.45, 7) is 10.3. The molecule has 7 nitrogen and oxygen atoms in total. The van der Waals surface area contributed by atoms with Crippen LogP contribution in [0.15, 0.2) is 12.1 Å². The van der Waals surface area contributed by atoms with Gasteiger partial charge in [-0.1, -0.05) is 19.4 Å². The SMILES string of the molecule is CCCCNC(=O)c1ccc(B2OC(C)(C)C(C)(C)O2)c(C(=O)OC)n1. The van der Waals surface area contributed by atoms with Gasteiger partial charge in [-0.3, -0.25) is 4.79 Å². The normalized spacial score (nSPS) is 17.8. The Kier molecular flexibility index (Phi) is 6.08. The number of hydrogen-bond donors (Lipinski definition) is 1. The number of amides is 1. The maximum atomic E-state index is 12.2. The summed E-state index contributed by atoms with van der Waals surface area (Å²) in [5.74, 6) is -0.970. The number of nitrogens with one attached hydrogen (secondary N) is 1. The molecule has 0 aromatic carbocycles. The van der Waals surface area contributed by atoms with E-state index in [4.69, 9.17) is 14.0 Å². The Bertz CT molecular complexity index is 674. The Labute approximate surface area is 154 Å². The maximum absolute atomic E-state index is 12.2. The minimum atomic E-state index is -0.765. The van der Waals surface area contributed by atoms with Gasteiger partial charge >= 0.3 is 13.1 Å². The molecular formula is C18H27BN2O5. The Balaban J connectivity index is 2.33. The van der Waals surface area contributed by atoms with Crippen molar-refractivity contribution < 1.29 is 23.6 Å². The lowest BCUT2D eigenvalue weighted by Crippen LogP contribution is -2.41. The molecule has 0 atom stereocenters. The summed E-state index contributed by atoms with van der Waals surface area (Å²) in [4.78, 5) is 28.7. The predicted octanol–water partition coefficient (Wildman–Crippen LogP) is 1.70. The number of carbonyl (C=O) groups excluding carboxylic acids is 2. The van der Waals surface area contributed by atoms with Gasteiger partial charge in [-0.15, -0.1) is 0 Å². The molecule has 1 amide bonds. The van der Waals surface area contributed by atoms with Gasteiger partial charge < -0.3 is 19.4 Å². The van der Waals surface area contributed by atoms with Crippen molar-refractivity contribution in [3.8, 4) is 0 Å². The van der Waals surface area contributed by atoms with Gasteiger partial charge in [-0.25, -0.2) is 9.78 Å². The van der Waals surface area contributed by atoms with Crippen molar-refractivity contribution >= 4 is 24.5 Å². The molecule has 26 heavy (non-hydrogen) atoms. The van der Waals surface area contributed by atoms with Crippen LogP contribution in [0, 0.1) is 0 Å². The molecule has 1 N–H and O–H groups in total. The molecule has 1 fully saturated rings. The Morgan fingerprint density at radius 3 is 2.35 bits per heavy atom. The quantitative estimate of drug-likeness (QED) is 0.471. The summed E-state index contributed by atoms with van der Waals surface area (Å²) >= 11 is 0.